The summed E-state index contributed by atoms with van der Waals surface area (Å²) in [6.07, 6.45) is 4.20. The molecule has 1 unspecified atom stereocenters. The van der Waals surface area contributed by atoms with E-state index < -0.39 is 6.17 Å². The van der Waals surface area contributed by atoms with Gasteiger partial charge in [0, 0.05) is 0 Å². The van der Waals surface area contributed by atoms with Crippen molar-refractivity contribution >= 4 is 0 Å². The molecule has 0 aromatic rings. The average molecular weight is 167 g/mol. The second-order valence-electron chi connectivity index (χ2n) is 1.80. The molecule has 0 spiro atoms. The minimum absolute atomic E-state index is 0. The number of rotatable bonds is 4. The van der Waals surface area contributed by atoms with E-state index in [1.54, 1.807) is 6.42 Å². The molecule has 0 aliphatic rings. The Morgan fingerprint density at radius 1 is 1.56 bits per heavy atom. The molecule has 53 valence electrons. The molecule has 2 heteroatoms. The van der Waals surface area contributed by atoms with Crippen molar-refractivity contribution in [1.82, 2.24) is 0 Å². The van der Waals surface area contributed by atoms with Crippen molar-refractivity contribution in [2.45, 2.75) is 32.9 Å². The standard InChI is InChI=1S/C7H13F.V/c1-3-5-7(8)6-4-2;/h3,6-7H,4-5H2,1-2H3;/q-2;+2. The first-order valence-corrected chi connectivity index (χ1v) is 3.06. The van der Waals surface area contributed by atoms with Gasteiger partial charge in [-0.2, -0.15) is 19.8 Å². The van der Waals surface area contributed by atoms with Gasteiger partial charge in [0.1, 0.15) is 0 Å². The van der Waals surface area contributed by atoms with Gasteiger partial charge in [0.15, 0.2) is 0 Å². The van der Waals surface area contributed by atoms with Gasteiger partial charge in [0.2, 0.25) is 0 Å². The fraction of sp³-hybridized carbons (Fsp3) is 0.714. The molecule has 0 saturated carbocycles. The quantitative estimate of drug-likeness (QED) is 0.564. The number of alkyl halides is 1. The van der Waals surface area contributed by atoms with Gasteiger partial charge >= 0.3 is 18.6 Å². The fourth-order valence-corrected chi connectivity index (χ4v) is 0.577. The number of hydrogen-bond acceptors (Lipinski definition) is 0. The molecule has 0 amide bonds. The Balaban J connectivity index is 0. The first-order chi connectivity index (χ1) is 3.81. The molecule has 0 aromatic carbocycles. The molecule has 0 aliphatic heterocycles. The maximum absolute atomic E-state index is 12.3. The second kappa shape index (κ2) is 8.51. The summed E-state index contributed by atoms with van der Waals surface area (Å²) in [5.41, 5.74) is 0. The van der Waals surface area contributed by atoms with Gasteiger partial charge < -0.3 is 6.42 Å². The van der Waals surface area contributed by atoms with Crippen molar-refractivity contribution < 1.29 is 22.9 Å². The predicted octanol–water partition coefficient (Wildman–Crippen LogP) is 2.55. The van der Waals surface area contributed by atoms with Crippen LogP contribution in [0.5, 0.6) is 0 Å². The van der Waals surface area contributed by atoms with Gasteiger partial charge in [-0.05, 0) is 6.17 Å². The van der Waals surface area contributed by atoms with Crippen molar-refractivity contribution in [3.05, 3.63) is 12.8 Å². The fourth-order valence-electron chi connectivity index (χ4n) is 0.577. The molecule has 1 radical (unpaired) electrons. The van der Waals surface area contributed by atoms with Crippen molar-refractivity contribution in [3.8, 4) is 0 Å². The first-order valence-electron chi connectivity index (χ1n) is 3.06. The zero-order chi connectivity index (χ0) is 6.41. The normalized spacial score (nSPS) is 12.3. The van der Waals surface area contributed by atoms with Crippen LogP contribution in [0.1, 0.15) is 26.7 Å². The van der Waals surface area contributed by atoms with Crippen molar-refractivity contribution in [3.63, 3.8) is 0 Å². The Labute approximate surface area is 69.1 Å². The molecule has 0 N–H and O–H groups in total. The minimum atomic E-state index is -0.718. The van der Waals surface area contributed by atoms with Crippen LogP contribution in [-0.2, 0) is 18.6 Å². The third kappa shape index (κ3) is 8.51. The van der Waals surface area contributed by atoms with Crippen LogP contribution in [0.25, 0.3) is 0 Å². The van der Waals surface area contributed by atoms with E-state index in [9.17, 15) is 4.39 Å². The van der Waals surface area contributed by atoms with Crippen LogP contribution < -0.4 is 0 Å². The molecular formula is C7H13FV. The summed E-state index contributed by atoms with van der Waals surface area (Å²) in [5.74, 6) is 0. The van der Waals surface area contributed by atoms with E-state index in [0.29, 0.717) is 6.42 Å². The molecule has 0 fully saturated rings. The Kier molecular flexibility index (Phi) is 11.6. The van der Waals surface area contributed by atoms with E-state index in [-0.39, 0.29) is 18.6 Å². The van der Waals surface area contributed by atoms with Gasteiger partial charge in [0.25, 0.3) is 0 Å². The van der Waals surface area contributed by atoms with Crippen LogP contribution in [-0.4, -0.2) is 6.17 Å². The number of halogens is 1. The van der Waals surface area contributed by atoms with Crippen LogP contribution in [0.2, 0.25) is 0 Å². The maximum atomic E-state index is 12.3. The molecule has 0 bridgehead atoms. The Morgan fingerprint density at radius 2 is 2.11 bits per heavy atom. The molecular weight excluding hydrogens is 154 g/mol. The smallest absolute Gasteiger partial charge is 0.331 e. The van der Waals surface area contributed by atoms with Gasteiger partial charge in [0.05, 0.1) is 0 Å². The van der Waals surface area contributed by atoms with Gasteiger partial charge in [-0.1, -0.05) is 6.92 Å². The molecule has 0 nitrogen and oxygen atoms in total. The summed E-state index contributed by atoms with van der Waals surface area (Å²) in [7, 11) is 0. The first kappa shape index (κ1) is 12.2. The summed E-state index contributed by atoms with van der Waals surface area (Å²) in [4.78, 5) is 0. The Morgan fingerprint density at radius 3 is 2.44 bits per heavy atom. The van der Waals surface area contributed by atoms with E-state index in [1.807, 2.05) is 20.3 Å². The third-order valence-electron chi connectivity index (χ3n) is 0.952. The van der Waals surface area contributed by atoms with Crippen molar-refractivity contribution in [2.24, 2.45) is 0 Å². The summed E-state index contributed by atoms with van der Waals surface area (Å²) in [6.45, 7) is 3.82. The minimum Gasteiger partial charge on any atom is -0.331 e. The van der Waals surface area contributed by atoms with E-state index in [2.05, 4.69) is 0 Å². The zero-order valence-electron chi connectivity index (χ0n) is 5.97. The monoisotopic (exact) mass is 167 g/mol. The van der Waals surface area contributed by atoms with Crippen LogP contribution >= 0.6 is 0 Å². The average Bonchev–Trinajstić information content (AvgIpc) is 1.68. The summed E-state index contributed by atoms with van der Waals surface area (Å²) < 4.78 is 12.3. The van der Waals surface area contributed by atoms with Crippen molar-refractivity contribution in [1.29, 1.82) is 0 Å². The van der Waals surface area contributed by atoms with Gasteiger partial charge in [-0.3, -0.25) is 10.8 Å². The predicted molar refractivity (Wildman–Crippen MR) is 34.1 cm³/mol. The summed E-state index contributed by atoms with van der Waals surface area (Å²) in [5, 5.41) is 0. The van der Waals surface area contributed by atoms with Crippen molar-refractivity contribution in [2.75, 3.05) is 0 Å². The Hall–Kier alpha value is 0.514. The SMILES string of the molecule is C[CH-]CC(F)[CH-]CC.[V+2]. The number of hydrogen-bond donors (Lipinski definition) is 0. The second-order valence-corrected chi connectivity index (χ2v) is 1.80. The van der Waals surface area contributed by atoms with Crippen LogP contribution in [0.15, 0.2) is 0 Å². The van der Waals surface area contributed by atoms with E-state index in [4.69, 9.17) is 0 Å². The zero-order valence-corrected chi connectivity index (χ0v) is 7.37. The van der Waals surface area contributed by atoms with Gasteiger partial charge in [-0.25, -0.2) is 0 Å². The Bertz CT molecular complexity index is 42.2. The maximum Gasteiger partial charge on any atom is 2.00 e. The molecule has 0 saturated heterocycles. The van der Waals surface area contributed by atoms with Crippen LogP contribution in [0.3, 0.4) is 0 Å². The third-order valence-corrected chi connectivity index (χ3v) is 0.952. The van der Waals surface area contributed by atoms with Crippen LogP contribution in [0, 0.1) is 12.8 Å². The topological polar surface area (TPSA) is 0 Å². The van der Waals surface area contributed by atoms with Crippen LogP contribution in [0.4, 0.5) is 4.39 Å². The molecule has 0 aliphatic carbocycles. The summed E-state index contributed by atoms with van der Waals surface area (Å²) in [6, 6.07) is 0. The van der Waals surface area contributed by atoms with E-state index >= 15 is 0 Å². The molecule has 0 rings (SSSR count). The molecule has 0 heterocycles. The van der Waals surface area contributed by atoms with Gasteiger partial charge in [-0.15, -0.1) is 0 Å². The molecule has 0 aromatic heterocycles. The molecule has 1 atom stereocenters. The molecule has 9 heavy (non-hydrogen) atoms. The van der Waals surface area contributed by atoms with E-state index in [1.165, 1.54) is 0 Å². The summed E-state index contributed by atoms with van der Waals surface area (Å²) >= 11 is 0. The van der Waals surface area contributed by atoms with E-state index in [0.717, 1.165) is 6.42 Å². The largest absolute Gasteiger partial charge is 2.00 e.